The molecule has 0 spiro atoms. The highest BCUT2D eigenvalue weighted by Crippen LogP contribution is 2.26. The van der Waals surface area contributed by atoms with Gasteiger partial charge in [-0.05, 0) is 44.9 Å². The van der Waals surface area contributed by atoms with Gasteiger partial charge in [0.2, 0.25) is 0 Å². The van der Waals surface area contributed by atoms with E-state index in [4.69, 9.17) is 10.5 Å². The molecule has 7 heteroatoms. The number of morpholine rings is 1. The molecule has 2 atom stereocenters. The van der Waals surface area contributed by atoms with Crippen LogP contribution in [0, 0.1) is 13.8 Å². The van der Waals surface area contributed by atoms with Gasteiger partial charge in [0, 0.05) is 18.8 Å². The van der Waals surface area contributed by atoms with Crippen molar-refractivity contribution in [2.75, 3.05) is 23.5 Å². The van der Waals surface area contributed by atoms with E-state index in [1.165, 1.54) is 4.31 Å². The van der Waals surface area contributed by atoms with Crippen molar-refractivity contribution < 1.29 is 13.2 Å². The molecule has 21 heavy (non-hydrogen) atoms. The first-order valence-corrected chi connectivity index (χ1v) is 8.43. The first-order valence-electron chi connectivity index (χ1n) is 6.99. The minimum Gasteiger partial charge on any atom is -0.398 e. The summed E-state index contributed by atoms with van der Waals surface area (Å²) in [5, 5.41) is 0. The highest BCUT2D eigenvalue weighted by atomic mass is 32.2. The summed E-state index contributed by atoms with van der Waals surface area (Å²) in [6, 6.07) is 3.55. The molecule has 2 rings (SSSR count). The van der Waals surface area contributed by atoms with Gasteiger partial charge in [-0.3, -0.25) is 4.72 Å². The lowest BCUT2D eigenvalue weighted by atomic mass is 10.1. The van der Waals surface area contributed by atoms with E-state index in [2.05, 4.69) is 4.72 Å². The van der Waals surface area contributed by atoms with E-state index < -0.39 is 10.2 Å². The number of ether oxygens (including phenoxy) is 1. The molecule has 118 valence electrons. The Morgan fingerprint density at radius 1 is 1.24 bits per heavy atom. The summed E-state index contributed by atoms with van der Waals surface area (Å²) in [6.07, 6.45) is -0.232. The van der Waals surface area contributed by atoms with E-state index in [9.17, 15) is 8.42 Å². The fourth-order valence-corrected chi connectivity index (χ4v) is 3.95. The highest BCUT2D eigenvalue weighted by Gasteiger charge is 2.31. The zero-order valence-corrected chi connectivity index (χ0v) is 13.7. The van der Waals surface area contributed by atoms with Crippen molar-refractivity contribution >= 4 is 21.6 Å². The summed E-state index contributed by atoms with van der Waals surface area (Å²) in [7, 11) is -3.61. The maximum Gasteiger partial charge on any atom is 0.301 e. The summed E-state index contributed by atoms with van der Waals surface area (Å²) >= 11 is 0. The second kappa shape index (κ2) is 5.82. The van der Waals surface area contributed by atoms with Crippen molar-refractivity contribution in [2.24, 2.45) is 0 Å². The Bertz CT molecular complexity index is 621. The third kappa shape index (κ3) is 3.48. The smallest absolute Gasteiger partial charge is 0.301 e. The monoisotopic (exact) mass is 313 g/mol. The summed E-state index contributed by atoms with van der Waals surface area (Å²) in [5.74, 6) is 0. The molecule has 6 nitrogen and oxygen atoms in total. The van der Waals surface area contributed by atoms with Crippen LogP contribution in [0.15, 0.2) is 12.1 Å². The molecule has 1 fully saturated rings. The van der Waals surface area contributed by atoms with Gasteiger partial charge >= 0.3 is 10.2 Å². The number of rotatable bonds is 3. The van der Waals surface area contributed by atoms with Gasteiger partial charge in [0.15, 0.2) is 0 Å². The third-order valence-corrected chi connectivity index (χ3v) is 5.15. The lowest BCUT2D eigenvalue weighted by Gasteiger charge is -2.34. The van der Waals surface area contributed by atoms with Crippen molar-refractivity contribution in [2.45, 2.75) is 39.9 Å². The Kier molecular flexibility index (Phi) is 4.46. The fraction of sp³-hybridized carbons (Fsp3) is 0.571. The average molecular weight is 313 g/mol. The van der Waals surface area contributed by atoms with Crippen LogP contribution < -0.4 is 10.5 Å². The van der Waals surface area contributed by atoms with E-state index in [0.29, 0.717) is 24.5 Å². The minimum atomic E-state index is -3.61. The predicted octanol–water partition coefficient (Wildman–Crippen LogP) is 1.65. The van der Waals surface area contributed by atoms with Gasteiger partial charge in [-0.1, -0.05) is 6.07 Å². The number of nitrogens with two attached hydrogens (primary N) is 1. The maximum absolute atomic E-state index is 12.5. The molecule has 1 aromatic carbocycles. The lowest BCUT2D eigenvalue weighted by molar-refractivity contribution is -0.0439. The number of nitrogen functional groups attached to an aromatic ring is 1. The topological polar surface area (TPSA) is 84.7 Å². The summed E-state index contributed by atoms with van der Waals surface area (Å²) in [4.78, 5) is 0. The second-order valence-electron chi connectivity index (χ2n) is 5.65. The van der Waals surface area contributed by atoms with Gasteiger partial charge in [0.1, 0.15) is 0 Å². The molecule has 0 amide bonds. The molecule has 0 radical (unpaired) electrons. The summed E-state index contributed by atoms with van der Waals surface area (Å²) in [6.45, 7) is 8.14. The Morgan fingerprint density at radius 2 is 1.81 bits per heavy atom. The molecular formula is C14H23N3O3S. The molecule has 1 aliphatic heterocycles. The van der Waals surface area contributed by atoms with Gasteiger partial charge in [-0.2, -0.15) is 12.7 Å². The number of hydrogen-bond donors (Lipinski definition) is 2. The van der Waals surface area contributed by atoms with E-state index in [-0.39, 0.29) is 12.2 Å². The first-order chi connectivity index (χ1) is 9.70. The van der Waals surface area contributed by atoms with E-state index in [1.807, 2.05) is 33.8 Å². The van der Waals surface area contributed by atoms with Crippen molar-refractivity contribution in [3.63, 3.8) is 0 Å². The van der Waals surface area contributed by atoms with Gasteiger partial charge in [-0.15, -0.1) is 0 Å². The number of anilines is 2. The van der Waals surface area contributed by atoms with Crippen molar-refractivity contribution in [1.82, 2.24) is 4.31 Å². The van der Waals surface area contributed by atoms with Crippen LogP contribution in [0.1, 0.15) is 25.0 Å². The highest BCUT2D eigenvalue weighted by molar-refractivity contribution is 7.90. The predicted molar refractivity (Wildman–Crippen MR) is 84.5 cm³/mol. The van der Waals surface area contributed by atoms with Crippen molar-refractivity contribution in [3.05, 3.63) is 23.3 Å². The first kappa shape index (κ1) is 16.1. The molecule has 0 aromatic heterocycles. The molecule has 0 aliphatic carbocycles. The number of benzene rings is 1. The van der Waals surface area contributed by atoms with Gasteiger partial charge in [0.05, 0.1) is 17.9 Å². The summed E-state index contributed by atoms with van der Waals surface area (Å²) in [5.41, 5.74) is 8.76. The fourth-order valence-electron chi connectivity index (χ4n) is 2.50. The van der Waals surface area contributed by atoms with E-state index in [0.717, 1.165) is 11.1 Å². The zero-order valence-electron chi connectivity index (χ0n) is 12.9. The maximum atomic E-state index is 12.5. The minimum absolute atomic E-state index is 0.116. The SMILES string of the molecule is Cc1ccc(NS(=O)(=O)N2CC(C)OC(C)C2)c(C)c1N. The van der Waals surface area contributed by atoms with Crippen LogP contribution in [0.4, 0.5) is 11.4 Å². The summed E-state index contributed by atoms with van der Waals surface area (Å²) < 4.78 is 34.6. The Balaban J connectivity index is 2.24. The van der Waals surface area contributed by atoms with Crippen LogP contribution in [0.5, 0.6) is 0 Å². The van der Waals surface area contributed by atoms with Crippen LogP contribution in [-0.2, 0) is 14.9 Å². The Morgan fingerprint density at radius 3 is 2.38 bits per heavy atom. The molecule has 2 unspecified atom stereocenters. The molecule has 1 heterocycles. The Labute approximate surface area is 126 Å². The normalized spacial score (nSPS) is 24.0. The van der Waals surface area contributed by atoms with E-state index >= 15 is 0 Å². The quantitative estimate of drug-likeness (QED) is 0.831. The van der Waals surface area contributed by atoms with Crippen LogP contribution in [0.2, 0.25) is 0 Å². The third-order valence-electron chi connectivity index (χ3n) is 3.70. The van der Waals surface area contributed by atoms with Crippen LogP contribution in [0.3, 0.4) is 0 Å². The van der Waals surface area contributed by atoms with Gasteiger partial charge in [0.25, 0.3) is 0 Å². The van der Waals surface area contributed by atoms with Crippen LogP contribution in [0.25, 0.3) is 0 Å². The molecule has 1 aliphatic rings. The van der Waals surface area contributed by atoms with Gasteiger partial charge < -0.3 is 10.5 Å². The lowest BCUT2D eigenvalue weighted by Crippen LogP contribution is -2.49. The number of nitrogens with one attached hydrogen (secondary N) is 1. The second-order valence-corrected chi connectivity index (χ2v) is 7.32. The standard InChI is InChI=1S/C14H23N3O3S/c1-9-5-6-13(12(4)14(9)15)16-21(18,19)17-7-10(2)20-11(3)8-17/h5-6,10-11,16H,7-8,15H2,1-4H3. The Hall–Kier alpha value is -1.31. The van der Waals surface area contributed by atoms with Crippen molar-refractivity contribution in [3.8, 4) is 0 Å². The molecule has 1 aromatic rings. The largest absolute Gasteiger partial charge is 0.398 e. The zero-order chi connectivity index (χ0) is 15.8. The van der Waals surface area contributed by atoms with Crippen LogP contribution in [-0.4, -0.2) is 38.0 Å². The number of nitrogens with zero attached hydrogens (tertiary/aromatic N) is 1. The molecule has 0 saturated carbocycles. The number of hydrogen-bond acceptors (Lipinski definition) is 4. The molecular weight excluding hydrogens is 290 g/mol. The molecule has 0 bridgehead atoms. The molecule has 3 N–H and O–H groups in total. The van der Waals surface area contributed by atoms with Crippen molar-refractivity contribution in [1.29, 1.82) is 0 Å². The molecule has 1 saturated heterocycles. The van der Waals surface area contributed by atoms with E-state index in [1.54, 1.807) is 6.07 Å². The van der Waals surface area contributed by atoms with Gasteiger partial charge in [-0.25, -0.2) is 0 Å². The number of aryl methyl sites for hydroxylation is 1. The van der Waals surface area contributed by atoms with Crippen LogP contribution >= 0.6 is 0 Å². The average Bonchev–Trinajstić information content (AvgIpc) is 2.38.